The lowest BCUT2D eigenvalue weighted by atomic mass is 9.94. The van der Waals surface area contributed by atoms with E-state index in [1.807, 2.05) is 0 Å². The first kappa shape index (κ1) is 11.8. The molecule has 0 saturated heterocycles. The van der Waals surface area contributed by atoms with Crippen molar-refractivity contribution < 1.29 is 4.74 Å². The number of anilines is 1. The van der Waals surface area contributed by atoms with Gasteiger partial charge in [-0.2, -0.15) is 0 Å². The first-order valence-electron chi connectivity index (χ1n) is 6.82. The van der Waals surface area contributed by atoms with Gasteiger partial charge in [0.05, 0.1) is 7.11 Å². The molecular formula is C15H22N2O. The minimum absolute atomic E-state index is 0.0437. The Morgan fingerprint density at radius 3 is 2.83 bits per heavy atom. The van der Waals surface area contributed by atoms with Crippen molar-refractivity contribution in [2.45, 2.75) is 37.6 Å². The molecule has 1 aromatic rings. The third kappa shape index (κ3) is 1.97. The van der Waals surface area contributed by atoms with Gasteiger partial charge in [0.2, 0.25) is 0 Å². The van der Waals surface area contributed by atoms with Crippen LogP contribution in [0.3, 0.4) is 0 Å². The first-order chi connectivity index (χ1) is 8.63. The zero-order valence-corrected chi connectivity index (χ0v) is 11.3. The van der Waals surface area contributed by atoms with Crippen LogP contribution in [0.4, 0.5) is 5.69 Å². The molecule has 3 nitrogen and oxygen atoms in total. The second kappa shape index (κ2) is 4.16. The van der Waals surface area contributed by atoms with Gasteiger partial charge in [-0.15, -0.1) is 0 Å². The summed E-state index contributed by atoms with van der Waals surface area (Å²) in [4.78, 5) is 2.32. The summed E-state index contributed by atoms with van der Waals surface area (Å²) < 4.78 is 5.68. The van der Waals surface area contributed by atoms with Crippen molar-refractivity contribution in [3.8, 4) is 5.75 Å². The van der Waals surface area contributed by atoms with Crippen molar-refractivity contribution in [3.63, 3.8) is 0 Å². The SMILES string of the molecule is COc1c(CC2(N)CC2)ccc2c1CCCN2C. The molecule has 0 spiro atoms. The lowest BCUT2D eigenvalue weighted by Gasteiger charge is -2.30. The van der Waals surface area contributed by atoms with Crippen LogP contribution in [-0.2, 0) is 12.8 Å². The Labute approximate surface area is 109 Å². The second-order valence-electron chi connectivity index (χ2n) is 5.82. The quantitative estimate of drug-likeness (QED) is 0.887. The average molecular weight is 246 g/mol. The molecule has 0 aromatic heterocycles. The van der Waals surface area contributed by atoms with Crippen LogP contribution < -0.4 is 15.4 Å². The molecular weight excluding hydrogens is 224 g/mol. The van der Waals surface area contributed by atoms with Crippen LogP contribution in [0.25, 0.3) is 0 Å². The van der Waals surface area contributed by atoms with E-state index in [0.29, 0.717) is 0 Å². The fourth-order valence-electron chi connectivity index (χ4n) is 2.99. The molecule has 3 rings (SSSR count). The zero-order chi connectivity index (χ0) is 12.8. The molecule has 0 unspecified atom stereocenters. The number of nitrogens with two attached hydrogens (primary N) is 1. The highest BCUT2D eigenvalue weighted by molar-refractivity contribution is 5.63. The highest BCUT2D eigenvalue weighted by Crippen LogP contribution is 2.41. The van der Waals surface area contributed by atoms with Crippen LogP contribution in [0, 0.1) is 0 Å². The summed E-state index contributed by atoms with van der Waals surface area (Å²) in [5.74, 6) is 1.08. The van der Waals surface area contributed by atoms with Gasteiger partial charge in [-0.25, -0.2) is 0 Å². The lowest BCUT2D eigenvalue weighted by molar-refractivity contribution is 0.400. The standard InChI is InChI=1S/C15H22N2O/c1-17-9-3-4-12-13(17)6-5-11(14(12)18-2)10-15(16)7-8-15/h5-6H,3-4,7-10,16H2,1-2H3. The predicted octanol–water partition coefficient (Wildman–Crippen LogP) is 2.11. The van der Waals surface area contributed by atoms with Gasteiger partial charge >= 0.3 is 0 Å². The van der Waals surface area contributed by atoms with Gasteiger partial charge in [-0.3, -0.25) is 0 Å². The molecule has 1 saturated carbocycles. The van der Waals surface area contributed by atoms with Crippen LogP contribution in [0.2, 0.25) is 0 Å². The highest BCUT2D eigenvalue weighted by Gasteiger charge is 2.39. The van der Waals surface area contributed by atoms with E-state index in [0.717, 1.165) is 38.0 Å². The Hall–Kier alpha value is -1.22. The Morgan fingerprint density at radius 1 is 1.39 bits per heavy atom. The molecule has 3 heteroatoms. The van der Waals surface area contributed by atoms with Crippen LogP contribution in [0.1, 0.15) is 30.4 Å². The van der Waals surface area contributed by atoms with E-state index in [4.69, 9.17) is 10.5 Å². The highest BCUT2D eigenvalue weighted by atomic mass is 16.5. The summed E-state index contributed by atoms with van der Waals surface area (Å²) in [6.45, 7) is 1.14. The molecule has 1 aliphatic heterocycles. The van der Waals surface area contributed by atoms with Crippen molar-refractivity contribution in [2.75, 3.05) is 25.6 Å². The Balaban J connectivity index is 2.00. The predicted molar refractivity (Wildman–Crippen MR) is 74.4 cm³/mol. The molecule has 0 atom stereocenters. The molecule has 0 bridgehead atoms. The Bertz CT molecular complexity index is 466. The van der Waals surface area contributed by atoms with E-state index in [9.17, 15) is 0 Å². The third-order valence-corrected chi connectivity index (χ3v) is 4.29. The lowest BCUT2D eigenvalue weighted by Crippen LogP contribution is -2.27. The molecule has 2 aliphatic rings. The summed E-state index contributed by atoms with van der Waals surface area (Å²) in [6.07, 6.45) is 5.57. The smallest absolute Gasteiger partial charge is 0.127 e. The molecule has 0 amide bonds. The van der Waals surface area contributed by atoms with E-state index in [-0.39, 0.29) is 5.54 Å². The molecule has 1 aliphatic carbocycles. The summed E-state index contributed by atoms with van der Waals surface area (Å²) in [7, 11) is 3.94. The zero-order valence-electron chi connectivity index (χ0n) is 11.3. The number of rotatable bonds is 3. The van der Waals surface area contributed by atoms with Crippen molar-refractivity contribution in [3.05, 3.63) is 23.3 Å². The maximum Gasteiger partial charge on any atom is 0.127 e. The molecule has 0 radical (unpaired) electrons. The van der Waals surface area contributed by atoms with Crippen molar-refractivity contribution in [2.24, 2.45) is 5.73 Å². The van der Waals surface area contributed by atoms with Crippen molar-refractivity contribution in [1.29, 1.82) is 0 Å². The van der Waals surface area contributed by atoms with Crippen LogP contribution in [0.5, 0.6) is 5.75 Å². The summed E-state index contributed by atoms with van der Waals surface area (Å²) >= 11 is 0. The molecule has 98 valence electrons. The van der Waals surface area contributed by atoms with Crippen molar-refractivity contribution in [1.82, 2.24) is 0 Å². The van der Waals surface area contributed by atoms with Gasteiger partial charge in [-0.1, -0.05) is 6.07 Å². The van der Waals surface area contributed by atoms with Crippen molar-refractivity contribution >= 4 is 5.69 Å². The summed E-state index contributed by atoms with van der Waals surface area (Å²) in [6, 6.07) is 4.44. The van der Waals surface area contributed by atoms with E-state index < -0.39 is 0 Å². The number of hydrogen-bond acceptors (Lipinski definition) is 3. The average Bonchev–Trinajstić information content (AvgIpc) is 3.07. The Morgan fingerprint density at radius 2 is 2.17 bits per heavy atom. The second-order valence-corrected chi connectivity index (χ2v) is 5.82. The number of benzene rings is 1. The number of methoxy groups -OCH3 is 1. The van der Waals surface area contributed by atoms with Gasteiger partial charge in [0, 0.05) is 30.4 Å². The summed E-state index contributed by atoms with van der Waals surface area (Å²) in [5.41, 5.74) is 10.3. The molecule has 18 heavy (non-hydrogen) atoms. The van der Waals surface area contributed by atoms with Crippen LogP contribution in [-0.4, -0.2) is 26.2 Å². The van der Waals surface area contributed by atoms with Crippen LogP contribution in [0.15, 0.2) is 12.1 Å². The minimum atomic E-state index is 0.0437. The topological polar surface area (TPSA) is 38.5 Å². The largest absolute Gasteiger partial charge is 0.496 e. The normalized spacial score (nSPS) is 20.5. The van der Waals surface area contributed by atoms with E-state index in [2.05, 4.69) is 24.1 Å². The van der Waals surface area contributed by atoms with E-state index >= 15 is 0 Å². The van der Waals surface area contributed by atoms with E-state index in [1.165, 1.54) is 23.2 Å². The van der Waals surface area contributed by atoms with Gasteiger partial charge in [0.25, 0.3) is 0 Å². The number of hydrogen-bond donors (Lipinski definition) is 1. The van der Waals surface area contributed by atoms with Gasteiger partial charge in [-0.05, 0) is 43.7 Å². The fourth-order valence-corrected chi connectivity index (χ4v) is 2.99. The number of nitrogens with zero attached hydrogens (tertiary/aromatic N) is 1. The number of fused-ring (bicyclic) bond motifs is 1. The molecule has 2 N–H and O–H groups in total. The Kier molecular flexibility index (Phi) is 2.74. The molecule has 1 fully saturated rings. The number of ether oxygens (including phenoxy) is 1. The maximum atomic E-state index is 6.24. The summed E-state index contributed by atoms with van der Waals surface area (Å²) in [5, 5.41) is 0. The molecule has 1 heterocycles. The van der Waals surface area contributed by atoms with Gasteiger partial charge in [0.15, 0.2) is 0 Å². The first-order valence-corrected chi connectivity index (χ1v) is 6.82. The molecule has 1 aromatic carbocycles. The van der Waals surface area contributed by atoms with Gasteiger partial charge < -0.3 is 15.4 Å². The maximum absolute atomic E-state index is 6.24. The minimum Gasteiger partial charge on any atom is -0.496 e. The monoisotopic (exact) mass is 246 g/mol. The van der Waals surface area contributed by atoms with E-state index in [1.54, 1.807) is 7.11 Å². The fraction of sp³-hybridized carbons (Fsp3) is 0.600. The van der Waals surface area contributed by atoms with Crippen LogP contribution >= 0.6 is 0 Å². The van der Waals surface area contributed by atoms with Gasteiger partial charge in [0.1, 0.15) is 5.75 Å². The third-order valence-electron chi connectivity index (χ3n) is 4.29.